The molecule has 0 unspecified atom stereocenters. The fourth-order valence-electron chi connectivity index (χ4n) is 2.45. The number of nitrogens with zero attached hydrogens (tertiary/aromatic N) is 1. The van der Waals surface area contributed by atoms with Crippen LogP contribution >= 0.6 is 15.9 Å². The molecule has 0 amide bonds. The summed E-state index contributed by atoms with van der Waals surface area (Å²) in [5.41, 5.74) is 4.62. The van der Waals surface area contributed by atoms with Crippen molar-refractivity contribution in [2.45, 2.75) is 26.2 Å². The molecule has 0 aliphatic carbocycles. The molecular weight excluding hydrogens is 312 g/mol. The average Bonchev–Trinajstić information content (AvgIpc) is 2.80. The Morgan fingerprint density at radius 1 is 1.05 bits per heavy atom. The van der Waals surface area contributed by atoms with Crippen molar-refractivity contribution in [2.75, 3.05) is 0 Å². The molecule has 0 radical (unpaired) electrons. The van der Waals surface area contributed by atoms with Gasteiger partial charge in [-0.2, -0.15) is 0 Å². The molecule has 1 N–H and O–H groups in total. The van der Waals surface area contributed by atoms with Crippen molar-refractivity contribution in [1.82, 2.24) is 9.97 Å². The Bertz CT molecular complexity index is 766. The molecule has 2 nitrogen and oxygen atoms in total. The number of halogens is 1. The Morgan fingerprint density at radius 3 is 2.55 bits per heavy atom. The van der Waals surface area contributed by atoms with Crippen LogP contribution in [0.25, 0.3) is 22.4 Å². The van der Waals surface area contributed by atoms with E-state index in [0.717, 1.165) is 21.3 Å². The van der Waals surface area contributed by atoms with Crippen LogP contribution in [0, 0.1) is 0 Å². The van der Waals surface area contributed by atoms with E-state index < -0.39 is 0 Å². The smallest absolute Gasteiger partial charge is 0.138 e. The van der Waals surface area contributed by atoms with Crippen LogP contribution in [-0.4, -0.2) is 9.97 Å². The standard InChI is InChI=1S/C17H17BrN2/c1-17(2,3)13-7-5-4-6-12(13)16-19-14-9-8-11(18)10-15(14)20-16/h4-10H,1-3H3,(H,19,20). The number of rotatable bonds is 1. The molecular formula is C17H17BrN2. The van der Waals surface area contributed by atoms with Gasteiger partial charge in [-0.3, -0.25) is 0 Å². The van der Waals surface area contributed by atoms with Crippen LogP contribution in [0.2, 0.25) is 0 Å². The van der Waals surface area contributed by atoms with E-state index in [0.29, 0.717) is 0 Å². The Labute approximate surface area is 127 Å². The second-order valence-corrected chi connectivity index (χ2v) is 6.96. The molecule has 0 spiro atoms. The van der Waals surface area contributed by atoms with Crippen molar-refractivity contribution < 1.29 is 0 Å². The number of H-pyrrole nitrogens is 1. The van der Waals surface area contributed by atoms with E-state index in [2.05, 4.69) is 72.0 Å². The first kappa shape index (κ1) is 13.4. The van der Waals surface area contributed by atoms with Gasteiger partial charge >= 0.3 is 0 Å². The van der Waals surface area contributed by atoms with Crippen molar-refractivity contribution >= 4 is 27.0 Å². The summed E-state index contributed by atoms with van der Waals surface area (Å²) in [4.78, 5) is 8.15. The Hall–Kier alpha value is -1.61. The lowest BCUT2D eigenvalue weighted by molar-refractivity contribution is 0.591. The van der Waals surface area contributed by atoms with Crippen LogP contribution in [0.15, 0.2) is 46.9 Å². The van der Waals surface area contributed by atoms with Crippen LogP contribution in [0.4, 0.5) is 0 Å². The molecule has 0 fully saturated rings. The summed E-state index contributed by atoms with van der Waals surface area (Å²) in [5, 5.41) is 0. The highest BCUT2D eigenvalue weighted by Gasteiger charge is 2.19. The van der Waals surface area contributed by atoms with Crippen LogP contribution < -0.4 is 0 Å². The van der Waals surface area contributed by atoms with E-state index >= 15 is 0 Å². The highest BCUT2D eigenvalue weighted by molar-refractivity contribution is 9.10. The molecule has 3 rings (SSSR count). The van der Waals surface area contributed by atoms with Crippen LogP contribution in [0.1, 0.15) is 26.3 Å². The van der Waals surface area contributed by atoms with Crippen molar-refractivity contribution in [3.63, 3.8) is 0 Å². The van der Waals surface area contributed by atoms with Gasteiger partial charge in [-0.1, -0.05) is 61.0 Å². The van der Waals surface area contributed by atoms with Gasteiger partial charge in [0.2, 0.25) is 0 Å². The lowest BCUT2D eigenvalue weighted by Gasteiger charge is -2.21. The van der Waals surface area contributed by atoms with Crippen LogP contribution in [0.3, 0.4) is 0 Å². The summed E-state index contributed by atoms with van der Waals surface area (Å²) in [6.45, 7) is 6.68. The molecule has 1 aromatic heterocycles. The molecule has 0 saturated carbocycles. The quantitative estimate of drug-likeness (QED) is 0.646. The summed E-state index contributed by atoms with van der Waals surface area (Å²) in [6, 6.07) is 14.6. The highest BCUT2D eigenvalue weighted by Crippen LogP contribution is 2.32. The van der Waals surface area contributed by atoms with Gasteiger partial charge in [0, 0.05) is 10.0 Å². The maximum Gasteiger partial charge on any atom is 0.138 e. The van der Waals surface area contributed by atoms with Gasteiger partial charge in [-0.25, -0.2) is 4.98 Å². The van der Waals surface area contributed by atoms with Gasteiger partial charge in [0.05, 0.1) is 11.0 Å². The number of aromatic nitrogens is 2. The monoisotopic (exact) mass is 328 g/mol. The zero-order chi connectivity index (χ0) is 14.3. The third kappa shape index (κ3) is 2.38. The second kappa shape index (κ2) is 4.74. The first-order chi connectivity index (χ1) is 9.45. The molecule has 3 heteroatoms. The van der Waals surface area contributed by atoms with Crippen molar-refractivity contribution in [1.29, 1.82) is 0 Å². The zero-order valence-electron chi connectivity index (χ0n) is 11.9. The van der Waals surface area contributed by atoms with Gasteiger partial charge in [0.25, 0.3) is 0 Å². The number of nitrogens with one attached hydrogen (secondary N) is 1. The fraction of sp³-hybridized carbons (Fsp3) is 0.235. The average molecular weight is 329 g/mol. The second-order valence-electron chi connectivity index (χ2n) is 6.04. The number of benzene rings is 2. The van der Waals surface area contributed by atoms with Crippen molar-refractivity contribution in [2.24, 2.45) is 0 Å². The SMILES string of the molecule is CC(C)(C)c1ccccc1-c1nc2ccc(Br)cc2[nH]1. The third-order valence-electron chi connectivity index (χ3n) is 3.43. The Morgan fingerprint density at radius 2 is 1.80 bits per heavy atom. The molecule has 2 aromatic carbocycles. The van der Waals surface area contributed by atoms with Gasteiger partial charge < -0.3 is 4.98 Å². The van der Waals surface area contributed by atoms with E-state index in [4.69, 9.17) is 4.98 Å². The minimum Gasteiger partial charge on any atom is -0.338 e. The Kier molecular flexibility index (Phi) is 3.17. The molecule has 0 atom stereocenters. The number of hydrogen-bond acceptors (Lipinski definition) is 1. The first-order valence-corrected chi connectivity index (χ1v) is 7.49. The summed E-state index contributed by atoms with van der Waals surface area (Å²) in [6.07, 6.45) is 0. The number of aromatic amines is 1. The number of fused-ring (bicyclic) bond motifs is 1. The van der Waals surface area contributed by atoms with Crippen LogP contribution in [-0.2, 0) is 5.41 Å². The normalized spacial score (nSPS) is 12.0. The van der Waals surface area contributed by atoms with Gasteiger partial charge in [0.1, 0.15) is 5.82 Å². The molecule has 0 aliphatic heterocycles. The first-order valence-electron chi connectivity index (χ1n) is 6.70. The summed E-state index contributed by atoms with van der Waals surface area (Å²) >= 11 is 3.50. The molecule has 3 aromatic rings. The molecule has 102 valence electrons. The number of imidazole rings is 1. The summed E-state index contributed by atoms with van der Waals surface area (Å²) in [7, 11) is 0. The predicted octanol–water partition coefficient (Wildman–Crippen LogP) is 5.29. The highest BCUT2D eigenvalue weighted by atomic mass is 79.9. The lowest BCUT2D eigenvalue weighted by atomic mass is 9.83. The van der Waals surface area contributed by atoms with Gasteiger partial charge in [-0.05, 0) is 29.2 Å². The minimum atomic E-state index is 0.0934. The molecule has 20 heavy (non-hydrogen) atoms. The summed E-state index contributed by atoms with van der Waals surface area (Å²) < 4.78 is 1.06. The maximum absolute atomic E-state index is 4.72. The van der Waals surface area contributed by atoms with Gasteiger partial charge in [0.15, 0.2) is 0 Å². The maximum atomic E-state index is 4.72. The van der Waals surface area contributed by atoms with E-state index in [1.54, 1.807) is 0 Å². The predicted molar refractivity (Wildman–Crippen MR) is 87.9 cm³/mol. The zero-order valence-corrected chi connectivity index (χ0v) is 13.5. The topological polar surface area (TPSA) is 28.7 Å². The van der Waals surface area contributed by atoms with E-state index in [-0.39, 0.29) is 5.41 Å². The number of hydrogen-bond donors (Lipinski definition) is 1. The fourth-order valence-corrected chi connectivity index (χ4v) is 2.81. The van der Waals surface area contributed by atoms with Crippen molar-refractivity contribution in [3.8, 4) is 11.4 Å². The lowest BCUT2D eigenvalue weighted by Crippen LogP contribution is -2.12. The molecule has 1 heterocycles. The van der Waals surface area contributed by atoms with Crippen LogP contribution in [0.5, 0.6) is 0 Å². The van der Waals surface area contributed by atoms with Gasteiger partial charge in [-0.15, -0.1) is 0 Å². The molecule has 0 saturated heterocycles. The largest absolute Gasteiger partial charge is 0.338 e. The Balaban J connectivity index is 2.21. The van der Waals surface area contributed by atoms with E-state index in [1.807, 2.05) is 12.1 Å². The van der Waals surface area contributed by atoms with Crippen molar-refractivity contribution in [3.05, 3.63) is 52.5 Å². The molecule has 0 bridgehead atoms. The third-order valence-corrected chi connectivity index (χ3v) is 3.93. The summed E-state index contributed by atoms with van der Waals surface area (Å²) in [5.74, 6) is 0.934. The van der Waals surface area contributed by atoms with E-state index in [9.17, 15) is 0 Å². The van der Waals surface area contributed by atoms with E-state index in [1.165, 1.54) is 11.1 Å². The minimum absolute atomic E-state index is 0.0934. The molecule has 0 aliphatic rings.